The summed E-state index contributed by atoms with van der Waals surface area (Å²) in [6.07, 6.45) is 1.80. The van der Waals surface area contributed by atoms with Gasteiger partial charge in [0.05, 0.1) is 19.9 Å². The first kappa shape index (κ1) is 19.6. The third-order valence-electron chi connectivity index (χ3n) is 4.55. The summed E-state index contributed by atoms with van der Waals surface area (Å²) < 4.78 is 22.1. The second-order valence-corrected chi connectivity index (χ2v) is 6.68. The molecule has 0 N–H and O–H groups in total. The van der Waals surface area contributed by atoms with Crippen LogP contribution in [0.25, 0.3) is 6.08 Å². The minimum Gasteiger partial charge on any atom is -0.496 e. The minimum absolute atomic E-state index is 0.0669. The van der Waals surface area contributed by atoms with E-state index in [9.17, 15) is 4.79 Å². The van der Waals surface area contributed by atoms with Crippen molar-refractivity contribution in [3.05, 3.63) is 47.0 Å². The van der Waals surface area contributed by atoms with E-state index >= 15 is 0 Å². The normalized spacial score (nSPS) is 13.1. The number of anilines is 1. The van der Waals surface area contributed by atoms with Gasteiger partial charge in [0.2, 0.25) is 0 Å². The first-order valence-corrected chi connectivity index (χ1v) is 9.00. The number of Topliss-reactive ketones (excluding diaryl/α,β-unsaturated/α-hetero) is 1. The van der Waals surface area contributed by atoms with Crippen molar-refractivity contribution in [1.82, 2.24) is 0 Å². The highest BCUT2D eigenvalue weighted by Gasteiger charge is 2.17. The van der Waals surface area contributed by atoms with E-state index in [0.717, 1.165) is 17.0 Å². The number of hydrogen-bond donors (Lipinski definition) is 0. The monoisotopic (exact) mass is 383 g/mol. The molecule has 28 heavy (non-hydrogen) atoms. The van der Waals surface area contributed by atoms with Crippen LogP contribution >= 0.6 is 0 Å². The van der Waals surface area contributed by atoms with Crippen LogP contribution in [0.5, 0.6) is 23.0 Å². The fourth-order valence-electron chi connectivity index (χ4n) is 3.08. The number of ketones is 1. The highest BCUT2D eigenvalue weighted by Crippen LogP contribution is 2.38. The zero-order chi connectivity index (χ0) is 20.3. The molecule has 3 rings (SSSR count). The lowest BCUT2D eigenvalue weighted by Crippen LogP contribution is -2.15. The summed E-state index contributed by atoms with van der Waals surface area (Å²) in [5, 5.41) is 0. The molecule has 0 aliphatic carbocycles. The third-order valence-corrected chi connectivity index (χ3v) is 4.55. The van der Waals surface area contributed by atoms with Crippen LogP contribution in [0.3, 0.4) is 0 Å². The van der Waals surface area contributed by atoms with Gasteiger partial charge in [0, 0.05) is 31.3 Å². The van der Waals surface area contributed by atoms with Crippen LogP contribution in [0, 0.1) is 0 Å². The smallest absolute Gasteiger partial charge is 0.188 e. The second-order valence-electron chi connectivity index (χ2n) is 6.68. The Morgan fingerprint density at radius 3 is 2.25 bits per heavy atom. The Hall–Kier alpha value is -3.15. The zero-order valence-corrected chi connectivity index (χ0v) is 16.9. The molecule has 0 spiro atoms. The molecular weight excluding hydrogens is 358 g/mol. The van der Waals surface area contributed by atoms with Crippen molar-refractivity contribution in [3.63, 3.8) is 0 Å². The molecule has 6 nitrogen and oxygen atoms in total. The van der Waals surface area contributed by atoms with Crippen LogP contribution in [0.2, 0.25) is 0 Å². The number of fused-ring (bicyclic) bond motifs is 1. The number of rotatable bonds is 6. The predicted molar refractivity (Wildman–Crippen MR) is 109 cm³/mol. The first-order chi connectivity index (χ1) is 13.4. The Morgan fingerprint density at radius 1 is 1.00 bits per heavy atom. The van der Waals surface area contributed by atoms with Gasteiger partial charge in [-0.25, -0.2) is 0 Å². The zero-order valence-electron chi connectivity index (χ0n) is 16.9. The number of ether oxygens (including phenoxy) is 4. The average Bonchev–Trinajstić information content (AvgIpc) is 2.71. The highest BCUT2D eigenvalue weighted by atomic mass is 16.6. The summed E-state index contributed by atoms with van der Waals surface area (Å²) in [6.45, 7) is 2.80. The molecule has 6 heteroatoms. The number of methoxy groups -OCH3 is 2. The van der Waals surface area contributed by atoms with E-state index in [-0.39, 0.29) is 5.78 Å². The summed E-state index contributed by atoms with van der Waals surface area (Å²) in [4.78, 5) is 14.9. The average molecular weight is 383 g/mol. The van der Waals surface area contributed by atoms with Crippen molar-refractivity contribution in [2.45, 2.75) is 6.92 Å². The lowest BCUT2D eigenvalue weighted by Gasteiger charge is -2.20. The third kappa shape index (κ3) is 3.91. The van der Waals surface area contributed by atoms with E-state index in [2.05, 4.69) is 0 Å². The molecule has 0 saturated carbocycles. The molecule has 0 saturated heterocycles. The number of carbonyl (C=O) groups excluding carboxylic acids is 1. The minimum atomic E-state index is -0.0669. The summed E-state index contributed by atoms with van der Waals surface area (Å²) in [5.41, 5.74) is 2.79. The number of carbonyl (C=O) groups is 1. The second kappa shape index (κ2) is 8.25. The molecule has 1 heterocycles. The maximum absolute atomic E-state index is 13.0. The number of benzene rings is 2. The number of nitrogens with zero attached hydrogens (tertiary/aromatic N) is 1. The van der Waals surface area contributed by atoms with Crippen LogP contribution in [-0.4, -0.2) is 47.3 Å². The number of allylic oxidation sites excluding steroid dienone is 1. The van der Waals surface area contributed by atoms with Crippen molar-refractivity contribution in [1.29, 1.82) is 0 Å². The van der Waals surface area contributed by atoms with E-state index in [0.29, 0.717) is 41.6 Å². The molecular formula is C22H25NO5. The Labute approximate surface area is 165 Å². The van der Waals surface area contributed by atoms with Crippen LogP contribution in [0.1, 0.15) is 22.8 Å². The van der Waals surface area contributed by atoms with Gasteiger partial charge in [0.1, 0.15) is 24.7 Å². The van der Waals surface area contributed by atoms with Crippen molar-refractivity contribution in [2.24, 2.45) is 0 Å². The van der Waals surface area contributed by atoms with Crippen molar-refractivity contribution >= 4 is 17.5 Å². The molecule has 1 aliphatic heterocycles. The summed E-state index contributed by atoms with van der Waals surface area (Å²) in [6, 6.07) is 9.03. The molecule has 0 fully saturated rings. The summed E-state index contributed by atoms with van der Waals surface area (Å²) in [7, 11) is 7.03. The van der Waals surface area contributed by atoms with Crippen LogP contribution in [0.15, 0.2) is 35.9 Å². The quantitative estimate of drug-likeness (QED) is 0.558. The van der Waals surface area contributed by atoms with Gasteiger partial charge in [-0.15, -0.1) is 0 Å². The van der Waals surface area contributed by atoms with Crippen LogP contribution in [-0.2, 0) is 0 Å². The summed E-state index contributed by atoms with van der Waals surface area (Å²) in [5.74, 6) is 2.58. The van der Waals surface area contributed by atoms with E-state index in [1.165, 1.54) is 0 Å². The van der Waals surface area contributed by atoms with E-state index in [1.807, 2.05) is 31.1 Å². The molecule has 148 valence electrons. The number of hydrogen-bond acceptors (Lipinski definition) is 6. The van der Waals surface area contributed by atoms with Gasteiger partial charge in [-0.1, -0.05) is 0 Å². The Bertz CT molecular complexity index is 917. The maximum atomic E-state index is 13.0. The van der Waals surface area contributed by atoms with Crippen molar-refractivity contribution in [2.75, 3.05) is 46.4 Å². The Balaban J connectivity index is 1.95. The molecule has 0 aromatic heterocycles. The Kier molecular flexibility index (Phi) is 5.78. The van der Waals surface area contributed by atoms with Gasteiger partial charge >= 0.3 is 0 Å². The predicted octanol–water partition coefficient (Wildman–Crippen LogP) is 3.83. The molecule has 2 aromatic rings. The van der Waals surface area contributed by atoms with Crippen molar-refractivity contribution in [3.8, 4) is 23.0 Å². The van der Waals surface area contributed by atoms with E-state index in [1.54, 1.807) is 45.4 Å². The highest BCUT2D eigenvalue weighted by molar-refractivity contribution is 6.11. The molecule has 0 unspecified atom stereocenters. The van der Waals surface area contributed by atoms with Gasteiger partial charge in [-0.2, -0.15) is 0 Å². The van der Waals surface area contributed by atoms with E-state index in [4.69, 9.17) is 18.9 Å². The van der Waals surface area contributed by atoms with E-state index < -0.39 is 0 Å². The SMILES string of the molecule is COc1cc2c(cc1C=C(C)C(=O)c1ccc(OC)c(N(C)C)c1)OCCO2. The molecule has 0 amide bonds. The lowest BCUT2D eigenvalue weighted by atomic mass is 10.0. The first-order valence-electron chi connectivity index (χ1n) is 9.00. The van der Waals surface area contributed by atoms with Gasteiger partial charge in [0.15, 0.2) is 17.3 Å². The van der Waals surface area contributed by atoms with Gasteiger partial charge in [-0.3, -0.25) is 4.79 Å². The van der Waals surface area contributed by atoms with Crippen LogP contribution < -0.4 is 23.8 Å². The Morgan fingerprint density at radius 2 is 1.64 bits per heavy atom. The fourth-order valence-corrected chi connectivity index (χ4v) is 3.08. The molecule has 2 aromatic carbocycles. The van der Waals surface area contributed by atoms with Gasteiger partial charge in [0.25, 0.3) is 0 Å². The molecule has 0 radical (unpaired) electrons. The fraction of sp³-hybridized carbons (Fsp3) is 0.318. The standard InChI is InChI=1S/C22H25NO5/c1-14(22(24)15-6-7-18(25-4)17(11-15)23(2)3)10-16-12-20-21(13-19(16)26-5)28-9-8-27-20/h6-7,10-13H,8-9H2,1-5H3. The maximum Gasteiger partial charge on any atom is 0.188 e. The van der Waals surface area contributed by atoms with Crippen molar-refractivity contribution < 1.29 is 23.7 Å². The molecule has 1 aliphatic rings. The van der Waals surface area contributed by atoms with Gasteiger partial charge < -0.3 is 23.8 Å². The molecule has 0 atom stereocenters. The van der Waals surface area contributed by atoms with Crippen LogP contribution in [0.4, 0.5) is 5.69 Å². The lowest BCUT2D eigenvalue weighted by molar-refractivity contribution is 0.103. The summed E-state index contributed by atoms with van der Waals surface area (Å²) >= 11 is 0. The van der Waals surface area contributed by atoms with Gasteiger partial charge in [-0.05, 0) is 42.8 Å². The largest absolute Gasteiger partial charge is 0.496 e. The molecule has 0 bridgehead atoms. The topological polar surface area (TPSA) is 57.2 Å².